The maximum atomic E-state index is 12.7. The minimum absolute atomic E-state index is 0.00999. The summed E-state index contributed by atoms with van der Waals surface area (Å²) in [7, 11) is 0. The molecule has 0 heterocycles. The molecule has 1 aromatic carbocycles. The molecular weight excluding hydrogens is 340 g/mol. The van der Waals surface area contributed by atoms with Crippen LogP contribution in [0.1, 0.15) is 111 Å². The van der Waals surface area contributed by atoms with Crippen molar-refractivity contribution in [2.45, 2.75) is 105 Å². The molecule has 0 radical (unpaired) electrons. The molecule has 1 aliphatic rings. The Kier molecular flexibility index (Phi) is 5.43. The third kappa shape index (κ3) is 4.19. The van der Waals surface area contributed by atoms with E-state index in [-0.39, 0.29) is 27.4 Å². The number of hydrogen-bond acceptors (Lipinski definition) is 1. The van der Waals surface area contributed by atoms with Crippen LogP contribution in [-0.4, -0.2) is 5.78 Å². The number of carbonyl (C=O) groups excluding carboxylic acids is 1. The molecule has 1 heteroatoms. The van der Waals surface area contributed by atoms with E-state index in [0.29, 0.717) is 0 Å². The van der Waals surface area contributed by atoms with Crippen LogP contribution in [0.5, 0.6) is 0 Å². The maximum absolute atomic E-state index is 12.7. The van der Waals surface area contributed by atoms with Gasteiger partial charge in [0.2, 0.25) is 0 Å². The molecule has 0 aliphatic heterocycles. The minimum atomic E-state index is -0.0714. The van der Waals surface area contributed by atoms with E-state index in [1.54, 1.807) is 6.08 Å². The van der Waals surface area contributed by atoms with Gasteiger partial charge in [-0.15, -0.1) is 0 Å². The van der Waals surface area contributed by atoms with E-state index in [1.165, 1.54) is 22.3 Å². The fourth-order valence-corrected chi connectivity index (χ4v) is 4.42. The van der Waals surface area contributed by atoms with Crippen LogP contribution in [0.25, 0.3) is 5.57 Å². The topological polar surface area (TPSA) is 17.1 Å². The van der Waals surface area contributed by atoms with Crippen molar-refractivity contribution < 1.29 is 4.79 Å². The van der Waals surface area contributed by atoms with Crippen molar-refractivity contribution >= 4 is 11.4 Å². The van der Waals surface area contributed by atoms with Crippen molar-refractivity contribution in [3.63, 3.8) is 0 Å². The molecule has 0 fully saturated rings. The van der Waals surface area contributed by atoms with Crippen molar-refractivity contribution in [1.29, 1.82) is 0 Å². The SMILES string of the molecule is CC(C)(C)c1cc(C2=CC=CC2=O)c(C(C)(C)C)c(C(C)(C)C)c1C(C)(C)C. The third-order valence-electron chi connectivity index (χ3n) is 5.45. The highest BCUT2D eigenvalue weighted by Crippen LogP contribution is 2.48. The highest BCUT2D eigenvalue weighted by atomic mass is 16.1. The average Bonchev–Trinajstić information content (AvgIpc) is 2.87. The second kappa shape index (κ2) is 6.71. The number of benzene rings is 1. The van der Waals surface area contributed by atoms with Gasteiger partial charge >= 0.3 is 0 Å². The van der Waals surface area contributed by atoms with Gasteiger partial charge in [0.25, 0.3) is 0 Å². The molecule has 28 heavy (non-hydrogen) atoms. The van der Waals surface area contributed by atoms with E-state index in [0.717, 1.165) is 11.1 Å². The number of ketones is 1. The summed E-state index contributed by atoms with van der Waals surface area (Å²) >= 11 is 0. The number of carbonyl (C=O) groups is 1. The van der Waals surface area contributed by atoms with Gasteiger partial charge in [-0.25, -0.2) is 0 Å². The predicted octanol–water partition coefficient (Wildman–Crippen LogP) is 7.40. The lowest BCUT2D eigenvalue weighted by atomic mass is 9.62. The van der Waals surface area contributed by atoms with Crippen LogP contribution in [0.4, 0.5) is 0 Å². The minimum Gasteiger partial charge on any atom is -0.289 e. The molecule has 0 saturated heterocycles. The molecule has 0 atom stereocenters. The van der Waals surface area contributed by atoms with Gasteiger partial charge in [-0.3, -0.25) is 4.79 Å². The second-order valence-electron chi connectivity index (χ2n) is 12.4. The van der Waals surface area contributed by atoms with Gasteiger partial charge in [-0.05, 0) is 61.6 Å². The zero-order valence-corrected chi connectivity index (χ0v) is 20.2. The van der Waals surface area contributed by atoms with E-state index in [2.05, 4.69) is 89.2 Å². The van der Waals surface area contributed by atoms with Crippen molar-refractivity contribution in [3.05, 3.63) is 52.1 Å². The van der Waals surface area contributed by atoms with Crippen molar-refractivity contribution in [3.8, 4) is 0 Å². The molecule has 0 aromatic heterocycles. The molecule has 0 amide bonds. The first-order valence-electron chi connectivity index (χ1n) is 10.5. The number of hydrogen-bond donors (Lipinski definition) is 0. The fourth-order valence-electron chi connectivity index (χ4n) is 4.42. The maximum Gasteiger partial charge on any atom is 0.186 e. The van der Waals surface area contributed by atoms with E-state index in [4.69, 9.17) is 0 Å². The Bertz CT molecular complexity index is 848. The first kappa shape index (κ1) is 22.7. The lowest BCUT2D eigenvalue weighted by Crippen LogP contribution is -2.33. The van der Waals surface area contributed by atoms with Crippen molar-refractivity contribution in [1.82, 2.24) is 0 Å². The van der Waals surface area contributed by atoms with Crippen LogP contribution >= 0.6 is 0 Å². The van der Waals surface area contributed by atoms with Gasteiger partial charge < -0.3 is 0 Å². The van der Waals surface area contributed by atoms with Gasteiger partial charge in [0.05, 0.1) is 0 Å². The van der Waals surface area contributed by atoms with Gasteiger partial charge in [0.1, 0.15) is 0 Å². The van der Waals surface area contributed by atoms with E-state index >= 15 is 0 Å². The molecule has 0 unspecified atom stereocenters. The van der Waals surface area contributed by atoms with Crippen LogP contribution < -0.4 is 0 Å². The third-order valence-corrected chi connectivity index (χ3v) is 5.45. The first-order valence-corrected chi connectivity index (χ1v) is 10.5. The van der Waals surface area contributed by atoms with Crippen LogP contribution in [0, 0.1) is 0 Å². The number of rotatable bonds is 1. The summed E-state index contributed by atoms with van der Waals surface area (Å²) in [5, 5.41) is 0. The standard InChI is InChI=1S/C27H40O/c1-24(2,3)19-16-18(17-14-13-15-20(17)28)21(25(4,5)6)23(27(10,11)12)22(19)26(7,8)9/h13-16H,1-12H3. The van der Waals surface area contributed by atoms with Crippen molar-refractivity contribution in [2.24, 2.45) is 0 Å². The van der Waals surface area contributed by atoms with Gasteiger partial charge in [-0.1, -0.05) is 95.2 Å². The summed E-state index contributed by atoms with van der Waals surface area (Å²) in [4.78, 5) is 12.7. The Hall–Kier alpha value is -1.63. The second-order valence-corrected chi connectivity index (χ2v) is 12.4. The molecule has 0 N–H and O–H groups in total. The zero-order valence-electron chi connectivity index (χ0n) is 20.2. The number of allylic oxidation sites excluding steroid dienone is 4. The predicted molar refractivity (Wildman–Crippen MR) is 123 cm³/mol. The summed E-state index contributed by atoms with van der Waals surface area (Å²) < 4.78 is 0. The van der Waals surface area contributed by atoms with E-state index in [9.17, 15) is 4.79 Å². The van der Waals surface area contributed by atoms with Crippen LogP contribution in [0.15, 0.2) is 24.3 Å². The molecule has 2 rings (SSSR count). The molecule has 1 nitrogen and oxygen atoms in total. The van der Waals surface area contributed by atoms with Crippen molar-refractivity contribution in [2.75, 3.05) is 0 Å². The molecule has 1 aromatic rings. The monoisotopic (exact) mass is 380 g/mol. The molecule has 0 spiro atoms. The summed E-state index contributed by atoms with van der Waals surface area (Å²) in [5.74, 6) is 0.119. The highest BCUT2D eigenvalue weighted by molar-refractivity contribution is 6.29. The normalized spacial score (nSPS) is 16.0. The van der Waals surface area contributed by atoms with E-state index in [1.807, 2.05) is 12.2 Å². The summed E-state index contributed by atoms with van der Waals surface area (Å²) in [6.45, 7) is 27.6. The molecule has 1 aliphatic carbocycles. The summed E-state index contributed by atoms with van der Waals surface area (Å²) in [5.41, 5.74) is 7.38. The summed E-state index contributed by atoms with van der Waals surface area (Å²) in [6, 6.07) is 2.33. The Morgan fingerprint density at radius 3 is 1.39 bits per heavy atom. The molecule has 0 saturated carbocycles. The smallest absolute Gasteiger partial charge is 0.186 e. The zero-order chi connectivity index (χ0) is 21.9. The fraction of sp³-hybridized carbons (Fsp3) is 0.593. The van der Waals surface area contributed by atoms with Crippen LogP contribution in [0.3, 0.4) is 0 Å². The quantitative estimate of drug-likeness (QED) is 0.496. The Morgan fingerprint density at radius 2 is 1.07 bits per heavy atom. The molecule has 0 bridgehead atoms. The Morgan fingerprint density at radius 1 is 0.607 bits per heavy atom. The largest absolute Gasteiger partial charge is 0.289 e. The van der Waals surface area contributed by atoms with Crippen LogP contribution in [-0.2, 0) is 26.5 Å². The van der Waals surface area contributed by atoms with Gasteiger partial charge in [0.15, 0.2) is 5.78 Å². The highest BCUT2D eigenvalue weighted by Gasteiger charge is 2.38. The molecule has 154 valence electrons. The Balaban J connectivity index is 3.19. The molecular formula is C27H40O. The first-order chi connectivity index (χ1) is 12.4. The average molecular weight is 381 g/mol. The lowest BCUT2D eigenvalue weighted by molar-refractivity contribution is -0.109. The van der Waals surface area contributed by atoms with Crippen LogP contribution in [0.2, 0.25) is 0 Å². The van der Waals surface area contributed by atoms with Gasteiger partial charge in [-0.2, -0.15) is 0 Å². The van der Waals surface area contributed by atoms with E-state index < -0.39 is 0 Å². The Labute approximate surface area is 173 Å². The lowest BCUT2D eigenvalue weighted by Gasteiger charge is -2.42. The summed E-state index contributed by atoms with van der Waals surface area (Å²) in [6.07, 6.45) is 5.56. The van der Waals surface area contributed by atoms with Gasteiger partial charge in [0, 0.05) is 5.57 Å².